The fraction of sp³-hybridized carbons (Fsp3) is 0.267. The Bertz CT molecular complexity index is 796. The Labute approximate surface area is 135 Å². The minimum Gasteiger partial charge on any atom is -0.479 e. The molecule has 0 fully saturated rings. The molecule has 0 N–H and O–H groups in total. The van der Waals surface area contributed by atoms with Gasteiger partial charge >= 0.3 is 0 Å². The summed E-state index contributed by atoms with van der Waals surface area (Å²) in [6, 6.07) is 2.60. The Kier molecular flexibility index (Phi) is 4.89. The van der Waals surface area contributed by atoms with E-state index in [0.717, 1.165) is 6.07 Å². The normalized spacial score (nSPS) is 12.0. The molecule has 22 heavy (non-hydrogen) atoms. The number of halogens is 2. The quantitative estimate of drug-likeness (QED) is 0.804. The summed E-state index contributed by atoms with van der Waals surface area (Å²) in [5.41, 5.74) is 1.26. The van der Waals surface area contributed by atoms with Crippen molar-refractivity contribution in [2.24, 2.45) is 7.05 Å². The molecule has 0 aliphatic heterocycles. The van der Waals surface area contributed by atoms with E-state index in [1.54, 1.807) is 20.2 Å². The van der Waals surface area contributed by atoms with Gasteiger partial charge in [0.15, 0.2) is 0 Å². The molecular formula is C15H14ClFN2O2S. The third-order valence-corrected chi connectivity index (χ3v) is 4.49. The van der Waals surface area contributed by atoms with Crippen molar-refractivity contribution in [2.75, 3.05) is 12.9 Å². The molecule has 4 nitrogen and oxygen atoms in total. The predicted molar refractivity (Wildman–Crippen MR) is 85.0 cm³/mol. The lowest BCUT2D eigenvalue weighted by molar-refractivity contribution is 0.370. The van der Waals surface area contributed by atoms with Gasteiger partial charge in [-0.15, -0.1) is 6.42 Å². The molecule has 7 heteroatoms. The lowest BCUT2D eigenvalue weighted by atomic mass is 10.1. The SMILES string of the molecule is C#CCOc1cc(-c2nn(C)c(S(C)=O)c2C)c(F)cc1Cl. The summed E-state index contributed by atoms with van der Waals surface area (Å²) in [5.74, 6) is 2.07. The maximum absolute atomic E-state index is 14.3. The Balaban J connectivity index is 2.60. The number of ether oxygens (including phenoxy) is 1. The topological polar surface area (TPSA) is 44.1 Å². The number of aryl methyl sites for hydroxylation is 1. The number of aromatic nitrogens is 2. The first-order valence-corrected chi connectivity index (χ1v) is 8.23. The average molecular weight is 341 g/mol. The molecule has 1 heterocycles. The Morgan fingerprint density at radius 3 is 2.77 bits per heavy atom. The van der Waals surface area contributed by atoms with Crippen molar-refractivity contribution in [3.8, 4) is 29.4 Å². The van der Waals surface area contributed by atoms with Gasteiger partial charge in [-0.2, -0.15) is 5.10 Å². The molecule has 0 saturated carbocycles. The van der Waals surface area contributed by atoms with Crippen molar-refractivity contribution in [2.45, 2.75) is 11.9 Å². The molecule has 2 aromatic rings. The lowest BCUT2D eigenvalue weighted by Gasteiger charge is -2.08. The molecule has 1 atom stereocenters. The standard InChI is InChI=1S/C15H14ClFN2O2S/c1-5-6-21-13-7-10(12(17)8-11(13)16)14-9(2)15(22(4)20)19(3)18-14/h1,7-8H,6H2,2-4H3. The Hall–Kier alpha value is -1.84. The fourth-order valence-electron chi connectivity index (χ4n) is 2.21. The van der Waals surface area contributed by atoms with E-state index in [0.29, 0.717) is 16.3 Å². The van der Waals surface area contributed by atoms with Crippen LogP contribution in [0.4, 0.5) is 4.39 Å². The zero-order chi connectivity index (χ0) is 16.4. The molecule has 0 radical (unpaired) electrons. The van der Waals surface area contributed by atoms with Crippen LogP contribution in [0, 0.1) is 25.1 Å². The van der Waals surface area contributed by atoms with Crippen LogP contribution in [0.15, 0.2) is 17.2 Å². The number of hydrogen-bond donors (Lipinski definition) is 0. The van der Waals surface area contributed by atoms with E-state index in [-0.39, 0.29) is 22.9 Å². The average Bonchev–Trinajstić information content (AvgIpc) is 2.73. The van der Waals surface area contributed by atoms with Gasteiger partial charge in [-0.05, 0) is 19.1 Å². The van der Waals surface area contributed by atoms with Crippen molar-refractivity contribution in [1.82, 2.24) is 9.78 Å². The molecule has 116 valence electrons. The van der Waals surface area contributed by atoms with Crippen molar-refractivity contribution in [1.29, 1.82) is 0 Å². The monoisotopic (exact) mass is 340 g/mol. The van der Waals surface area contributed by atoms with E-state index in [9.17, 15) is 8.60 Å². The van der Waals surface area contributed by atoms with Crippen LogP contribution in [0.2, 0.25) is 5.02 Å². The van der Waals surface area contributed by atoms with Crippen molar-refractivity contribution < 1.29 is 13.3 Å². The highest BCUT2D eigenvalue weighted by atomic mass is 35.5. The lowest BCUT2D eigenvalue weighted by Crippen LogP contribution is -2.00. The van der Waals surface area contributed by atoms with Gasteiger partial charge in [0.25, 0.3) is 0 Å². The van der Waals surface area contributed by atoms with E-state index in [2.05, 4.69) is 11.0 Å². The molecule has 2 rings (SSSR count). The molecule has 0 amide bonds. The number of hydrogen-bond acceptors (Lipinski definition) is 3. The molecule has 0 bridgehead atoms. The van der Waals surface area contributed by atoms with Gasteiger partial charge in [-0.25, -0.2) is 4.39 Å². The Morgan fingerprint density at radius 2 is 2.23 bits per heavy atom. The highest BCUT2D eigenvalue weighted by Crippen LogP contribution is 2.35. The van der Waals surface area contributed by atoms with Crippen molar-refractivity contribution in [3.63, 3.8) is 0 Å². The maximum Gasteiger partial charge on any atom is 0.148 e. The second kappa shape index (κ2) is 6.51. The van der Waals surface area contributed by atoms with Crippen LogP contribution in [0.5, 0.6) is 5.75 Å². The van der Waals surface area contributed by atoms with Gasteiger partial charge in [0.05, 0.1) is 21.5 Å². The molecular weight excluding hydrogens is 327 g/mol. The molecule has 0 aliphatic carbocycles. The van der Waals surface area contributed by atoms with Crippen LogP contribution >= 0.6 is 11.6 Å². The summed E-state index contributed by atoms with van der Waals surface area (Å²) in [7, 11) is 0.431. The second-order valence-electron chi connectivity index (χ2n) is 4.61. The zero-order valence-electron chi connectivity index (χ0n) is 12.3. The van der Waals surface area contributed by atoms with Crippen LogP contribution < -0.4 is 4.74 Å². The van der Waals surface area contributed by atoms with E-state index >= 15 is 0 Å². The second-order valence-corrected chi connectivity index (χ2v) is 6.31. The number of rotatable bonds is 4. The molecule has 1 unspecified atom stereocenters. The van der Waals surface area contributed by atoms with Gasteiger partial charge in [0, 0.05) is 24.4 Å². The summed E-state index contributed by atoms with van der Waals surface area (Å²) >= 11 is 5.94. The zero-order valence-corrected chi connectivity index (χ0v) is 13.9. The largest absolute Gasteiger partial charge is 0.479 e. The van der Waals surface area contributed by atoms with Gasteiger partial charge < -0.3 is 4.74 Å². The van der Waals surface area contributed by atoms with Crippen molar-refractivity contribution in [3.05, 3.63) is 28.5 Å². The summed E-state index contributed by atoms with van der Waals surface area (Å²) in [6.07, 6.45) is 6.69. The van der Waals surface area contributed by atoms with E-state index in [4.69, 9.17) is 22.8 Å². The van der Waals surface area contributed by atoms with Crippen LogP contribution in [0.1, 0.15) is 5.56 Å². The third kappa shape index (κ3) is 3.01. The van der Waals surface area contributed by atoms with Crippen LogP contribution in [0.25, 0.3) is 11.3 Å². The summed E-state index contributed by atoms with van der Waals surface area (Å²) in [4.78, 5) is 0. The predicted octanol–water partition coefficient (Wildman–Crippen LogP) is 2.94. The van der Waals surface area contributed by atoms with Gasteiger partial charge in [-0.3, -0.25) is 8.89 Å². The highest BCUT2D eigenvalue weighted by molar-refractivity contribution is 7.84. The minimum atomic E-state index is -1.23. The van der Waals surface area contributed by atoms with Crippen molar-refractivity contribution >= 4 is 22.4 Å². The fourth-order valence-corrected chi connectivity index (χ4v) is 3.36. The molecule has 0 saturated heterocycles. The summed E-state index contributed by atoms with van der Waals surface area (Å²) in [6.45, 7) is 1.77. The smallest absolute Gasteiger partial charge is 0.148 e. The van der Waals surface area contributed by atoms with E-state index < -0.39 is 16.6 Å². The maximum atomic E-state index is 14.3. The Morgan fingerprint density at radius 1 is 1.55 bits per heavy atom. The number of benzene rings is 1. The van der Waals surface area contributed by atoms with Gasteiger partial charge in [0.2, 0.25) is 0 Å². The van der Waals surface area contributed by atoms with Crippen LogP contribution in [-0.2, 0) is 17.8 Å². The summed E-state index contributed by atoms with van der Waals surface area (Å²) in [5, 5.41) is 4.92. The number of nitrogens with zero attached hydrogens (tertiary/aromatic N) is 2. The molecule has 0 spiro atoms. The van der Waals surface area contributed by atoms with E-state index in [1.165, 1.54) is 10.7 Å². The van der Waals surface area contributed by atoms with Gasteiger partial charge in [0.1, 0.15) is 23.2 Å². The highest BCUT2D eigenvalue weighted by Gasteiger charge is 2.20. The first kappa shape index (κ1) is 16.5. The first-order valence-electron chi connectivity index (χ1n) is 6.29. The first-order chi connectivity index (χ1) is 10.4. The molecule has 0 aliphatic rings. The minimum absolute atomic E-state index is 0.0240. The molecule has 1 aromatic heterocycles. The number of terminal acetylenes is 1. The third-order valence-electron chi connectivity index (χ3n) is 3.08. The van der Waals surface area contributed by atoms with E-state index in [1.807, 2.05) is 0 Å². The summed E-state index contributed by atoms with van der Waals surface area (Å²) < 4.78 is 32.8. The van der Waals surface area contributed by atoms with Crippen LogP contribution in [0.3, 0.4) is 0 Å². The molecule has 1 aromatic carbocycles. The van der Waals surface area contributed by atoms with Gasteiger partial charge in [-0.1, -0.05) is 17.5 Å². The van der Waals surface area contributed by atoms with Crippen LogP contribution in [-0.4, -0.2) is 26.9 Å².